The second-order valence-electron chi connectivity index (χ2n) is 3.31. The van der Waals surface area contributed by atoms with Crippen molar-refractivity contribution in [1.82, 2.24) is 0 Å². The highest BCUT2D eigenvalue weighted by Crippen LogP contribution is 2.21. The maximum Gasteiger partial charge on any atom is 0.123 e. The summed E-state index contributed by atoms with van der Waals surface area (Å²) in [6, 6.07) is 4.50. The van der Waals surface area contributed by atoms with E-state index in [0.29, 0.717) is 11.1 Å². The molecule has 1 aromatic rings. The van der Waals surface area contributed by atoms with Gasteiger partial charge in [0.25, 0.3) is 0 Å². The van der Waals surface area contributed by atoms with E-state index >= 15 is 0 Å². The van der Waals surface area contributed by atoms with Crippen molar-refractivity contribution < 1.29 is 9.50 Å². The summed E-state index contributed by atoms with van der Waals surface area (Å²) >= 11 is 0. The summed E-state index contributed by atoms with van der Waals surface area (Å²) in [6.07, 6.45) is -0.769. The molecule has 0 aliphatic rings. The van der Waals surface area contributed by atoms with E-state index in [2.05, 4.69) is 6.58 Å². The lowest BCUT2D eigenvalue weighted by Crippen LogP contribution is -1.99. The van der Waals surface area contributed by atoms with E-state index in [9.17, 15) is 9.50 Å². The fraction of sp³-hybridized carbons (Fsp3) is 0.273. The van der Waals surface area contributed by atoms with Gasteiger partial charge < -0.3 is 5.11 Å². The molecule has 0 bridgehead atoms. The SMILES string of the molecule is C=C(C)C(O)c1cc(C)cc(F)c1. The Kier molecular flexibility index (Phi) is 2.83. The Balaban J connectivity index is 3.07. The maximum absolute atomic E-state index is 12.9. The van der Waals surface area contributed by atoms with Crippen molar-refractivity contribution >= 4 is 0 Å². The predicted octanol–water partition coefficient (Wildman–Crippen LogP) is 2.74. The van der Waals surface area contributed by atoms with Gasteiger partial charge in [-0.05, 0) is 42.7 Å². The monoisotopic (exact) mass is 180 g/mol. The molecule has 1 aromatic carbocycles. The molecule has 0 aromatic heterocycles. The van der Waals surface area contributed by atoms with Gasteiger partial charge in [-0.25, -0.2) is 4.39 Å². The van der Waals surface area contributed by atoms with E-state index in [4.69, 9.17) is 0 Å². The number of hydrogen-bond donors (Lipinski definition) is 1. The molecule has 1 nitrogen and oxygen atoms in total. The van der Waals surface area contributed by atoms with Gasteiger partial charge in [0.05, 0.1) is 6.10 Å². The average Bonchev–Trinajstić information content (AvgIpc) is 2.01. The molecule has 2 heteroatoms. The van der Waals surface area contributed by atoms with Gasteiger partial charge in [0.2, 0.25) is 0 Å². The van der Waals surface area contributed by atoms with Gasteiger partial charge in [-0.2, -0.15) is 0 Å². The van der Waals surface area contributed by atoms with Gasteiger partial charge in [0.1, 0.15) is 5.82 Å². The molecule has 0 spiro atoms. The summed E-state index contributed by atoms with van der Waals surface area (Å²) in [5.41, 5.74) is 1.98. The van der Waals surface area contributed by atoms with Crippen molar-refractivity contribution in [3.8, 4) is 0 Å². The Bertz CT molecular complexity index is 311. The van der Waals surface area contributed by atoms with Crippen molar-refractivity contribution in [2.75, 3.05) is 0 Å². The summed E-state index contributed by atoms with van der Waals surface area (Å²) < 4.78 is 12.9. The van der Waals surface area contributed by atoms with E-state index in [-0.39, 0.29) is 5.82 Å². The summed E-state index contributed by atoms with van der Waals surface area (Å²) in [5.74, 6) is -0.324. The van der Waals surface area contributed by atoms with Crippen LogP contribution in [-0.4, -0.2) is 5.11 Å². The number of aryl methyl sites for hydroxylation is 1. The van der Waals surface area contributed by atoms with Crippen LogP contribution in [0.2, 0.25) is 0 Å². The molecule has 13 heavy (non-hydrogen) atoms. The van der Waals surface area contributed by atoms with E-state index in [1.165, 1.54) is 12.1 Å². The molecular formula is C11H13FO. The van der Waals surface area contributed by atoms with Gasteiger partial charge >= 0.3 is 0 Å². The molecule has 0 saturated carbocycles. The number of aliphatic hydroxyl groups is 1. The summed E-state index contributed by atoms with van der Waals surface area (Å²) in [7, 11) is 0. The Morgan fingerprint density at radius 2 is 2.08 bits per heavy atom. The highest BCUT2D eigenvalue weighted by molar-refractivity contribution is 5.29. The first-order chi connectivity index (χ1) is 6.00. The first-order valence-corrected chi connectivity index (χ1v) is 4.11. The summed E-state index contributed by atoms with van der Waals surface area (Å²) in [5, 5.41) is 9.58. The third-order valence-electron chi connectivity index (χ3n) is 1.85. The Hall–Kier alpha value is -1.15. The fourth-order valence-electron chi connectivity index (χ4n) is 1.21. The van der Waals surface area contributed by atoms with Crippen LogP contribution >= 0.6 is 0 Å². The molecule has 0 aliphatic heterocycles. The van der Waals surface area contributed by atoms with Crippen molar-refractivity contribution in [1.29, 1.82) is 0 Å². The zero-order chi connectivity index (χ0) is 10.0. The molecule has 0 radical (unpaired) electrons. The third kappa shape index (κ3) is 2.39. The van der Waals surface area contributed by atoms with E-state index in [0.717, 1.165) is 5.56 Å². The Morgan fingerprint density at radius 3 is 2.54 bits per heavy atom. The molecule has 0 amide bonds. The second kappa shape index (κ2) is 3.71. The minimum absolute atomic E-state index is 0.324. The highest BCUT2D eigenvalue weighted by atomic mass is 19.1. The van der Waals surface area contributed by atoms with Crippen LogP contribution in [0.25, 0.3) is 0 Å². The number of halogens is 1. The number of aliphatic hydroxyl groups excluding tert-OH is 1. The molecule has 1 rings (SSSR count). The lowest BCUT2D eigenvalue weighted by Gasteiger charge is -2.11. The Labute approximate surface area is 77.5 Å². The van der Waals surface area contributed by atoms with Gasteiger partial charge in [0, 0.05) is 0 Å². The fourth-order valence-corrected chi connectivity index (χ4v) is 1.21. The van der Waals surface area contributed by atoms with Crippen molar-refractivity contribution in [3.63, 3.8) is 0 Å². The third-order valence-corrected chi connectivity index (χ3v) is 1.85. The van der Waals surface area contributed by atoms with Gasteiger partial charge in [-0.1, -0.05) is 12.6 Å². The smallest absolute Gasteiger partial charge is 0.123 e. The zero-order valence-corrected chi connectivity index (χ0v) is 7.84. The first kappa shape index (κ1) is 9.93. The van der Waals surface area contributed by atoms with Crippen LogP contribution in [0.1, 0.15) is 24.2 Å². The van der Waals surface area contributed by atoms with Crippen LogP contribution in [0.4, 0.5) is 4.39 Å². The molecule has 1 N–H and O–H groups in total. The maximum atomic E-state index is 12.9. The standard InChI is InChI=1S/C11H13FO/c1-7(2)11(13)9-4-8(3)5-10(12)6-9/h4-6,11,13H,1H2,2-3H3. The summed E-state index contributed by atoms with van der Waals surface area (Å²) in [6.45, 7) is 7.12. The van der Waals surface area contributed by atoms with Crippen LogP contribution in [0.3, 0.4) is 0 Å². The van der Waals surface area contributed by atoms with E-state index in [1.807, 2.05) is 0 Å². The topological polar surface area (TPSA) is 20.2 Å². The molecule has 0 heterocycles. The lowest BCUT2D eigenvalue weighted by molar-refractivity contribution is 0.215. The second-order valence-corrected chi connectivity index (χ2v) is 3.31. The zero-order valence-electron chi connectivity index (χ0n) is 7.84. The largest absolute Gasteiger partial charge is 0.384 e. The van der Waals surface area contributed by atoms with Gasteiger partial charge in [-0.3, -0.25) is 0 Å². The van der Waals surface area contributed by atoms with Crippen LogP contribution in [-0.2, 0) is 0 Å². The summed E-state index contributed by atoms with van der Waals surface area (Å²) in [4.78, 5) is 0. The van der Waals surface area contributed by atoms with Crippen LogP contribution in [0, 0.1) is 12.7 Å². The van der Waals surface area contributed by atoms with Gasteiger partial charge in [0.15, 0.2) is 0 Å². The highest BCUT2D eigenvalue weighted by Gasteiger charge is 2.09. The molecule has 0 saturated heterocycles. The van der Waals surface area contributed by atoms with Crippen molar-refractivity contribution in [2.24, 2.45) is 0 Å². The van der Waals surface area contributed by atoms with Crippen LogP contribution < -0.4 is 0 Å². The minimum Gasteiger partial charge on any atom is -0.384 e. The van der Waals surface area contributed by atoms with E-state index < -0.39 is 6.10 Å². The lowest BCUT2D eigenvalue weighted by atomic mass is 10.0. The normalized spacial score (nSPS) is 12.6. The molecule has 1 unspecified atom stereocenters. The van der Waals surface area contributed by atoms with Crippen LogP contribution in [0.15, 0.2) is 30.4 Å². The molecule has 0 aliphatic carbocycles. The van der Waals surface area contributed by atoms with Crippen LogP contribution in [0.5, 0.6) is 0 Å². The van der Waals surface area contributed by atoms with Crippen molar-refractivity contribution in [2.45, 2.75) is 20.0 Å². The molecule has 70 valence electrons. The predicted molar refractivity (Wildman–Crippen MR) is 50.9 cm³/mol. The van der Waals surface area contributed by atoms with E-state index in [1.54, 1.807) is 19.9 Å². The van der Waals surface area contributed by atoms with Crippen molar-refractivity contribution in [3.05, 3.63) is 47.3 Å². The number of benzene rings is 1. The molecule has 0 fully saturated rings. The Morgan fingerprint density at radius 1 is 1.46 bits per heavy atom. The molecular weight excluding hydrogens is 167 g/mol. The average molecular weight is 180 g/mol. The molecule has 1 atom stereocenters. The van der Waals surface area contributed by atoms with Gasteiger partial charge in [-0.15, -0.1) is 0 Å². The number of rotatable bonds is 2. The first-order valence-electron chi connectivity index (χ1n) is 4.11. The quantitative estimate of drug-likeness (QED) is 0.694. The number of hydrogen-bond acceptors (Lipinski definition) is 1. The minimum atomic E-state index is -0.769.